The molecule has 5 heteroatoms. The number of benzene rings is 4. The van der Waals surface area contributed by atoms with Crippen LogP contribution in [0.2, 0.25) is 0 Å². The second-order valence-corrected chi connectivity index (χ2v) is 9.45. The van der Waals surface area contributed by atoms with Gasteiger partial charge in [-0.15, -0.1) is 0 Å². The fourth-order valence-electron chi connectivity index (χ4n) is 5.13. The number of ether oxygens (including phenoxy) is 2. The van der Waals surface area contributed by atoms with E-state index < -0.39 is 5.60 Å². The van der Waals surface area contributed by atoms with Crippen LogP contribution in [0.1, 0.15) is 38.2 Å². The summed E-state index contributed by atoms with van der Waals surface area (Å²) in [5.41, 5.74) is 7.26. The molecular weight excluding hydrogens is 436 g/mol. The molecular formula is C30H26N2O3. The third kappa shape index (κ3) is 3.19. The molecule has 1 N–H and O–H groups in total. The van der Waals surface area contributed by atoms with Gasteiger partial charge in [0.1, 0.15) is 11.5 Å². The minimum atomic E-state index is -1.08. The zero-order valence-corrected chi connectivity index (χ0v) is 20.2. The number of nitrogens with one attached hydrogen (secondary N) is 1. The summed E-state index contributed by atoms with van der Waals surface area (Å²) in [6.07, 6.45) is 0. The van der Waals surface area contributed by atoms with Crippen LogP contribution in [-0.4, -0.2) is 20.1 Å². The summed E-state index contributed by atoms with van der Waals surface area (Å²) in [6, 6.07) is 26.0. The predicted octanol–water partition coefficient (Wildman–Crippen LogP) is 6.68. The molecule has 0 radical (unpaired) electrons. The van der Waals surface area contributed by atoms with Crippen molar-refractivity contribution >= 4 is 23.0 Å². The standard InChI is InChI=1S/C30H26N2O3/c1-18-9-13-26(19(2)15-18)31-20-10-14-27-25(16-20)30(23-8-6-5-7-22(23)29(33)35-30)24-12-11-21(32(3)4)17-28(24)34-27/h5-17,31H,1-4H3. The van der Waals surface area contributed by atoms with E-state index in [2.05, 4.69) is 37.4 Å². The monoisotopic (exact) mass is 462 g/mol. The number of rotatable bonds is 3. The number of carbonyl (C=O) groups excluding carboxylic acids is 1. The average Bonchev–Trinajstić information content (AvgIpc) is 3.14. The van der Waals surface area contributed by atoms with Crippen LogP contribution >= 0.6 is 0 Å². The summed E-state index contributed by atoms with van der Waals surface area (Å²) in [7, 11) is 3.98. The Morgan fingerprint density at radius 1 is 0.800 bits per heavy atom. The maximum Gasteiger partial charge on any atom is 0.340 e. The number of carbonyl (C=O) groups is 1. The molecule has 0 bridgehead atoms. The van der Waals surface area contributed by atoms with Gasteiger partial charge in [-0.05, 0) is 61.9 Å². The van der Waals surface area contributed by atoms with Gasteiger partial charge in [-0.25, -0.2) is 4.79 Å². The summed E-state index contributed by atoms with van der Waals surface area (Å²) in [5.74, 6) is 1.02. The maximum atomic E-state index is 13.1. The molecule has 2 aliphatic heterocycles. The van der Waals surface area contributed by atoms with Gasteiger partial charge in [-0.3, -0.25) is 0 Å². The van der Waals surface area contributed by atoms with E-state index in [9.17, 15) is 4.79 Å². The van der Waals surface area contributed by atoms with Crippen LogP contribution in [0, 0.1) is 13.8 Å². The minimum Gasteiger partial charge on any atom is -0.456 e. The molecule has 2 heterocycles. The highest BCUT2D eigenvalue weighted by atomic mass is 16.6. The molecule has 35 heavy (non-hydrogen) atoms. The average molecular weight is 463 g/mol. The highest BCUT2D eigenvalue weighted by molar-refractivity contribution is 5.97. The number of fused-ring (bicyclic) bond motifs is 6. The third-order valence-corrected chi connectivity index (χ3v) is 6.87. The van der Waals surface area contributed by atoms with E-state index >= 15 is 0 Å². The van der Waals surface area contributed by atoms with E-state index in [0.717, 1.165) is 39.3 Å². The first-order valence-electron chi connectivity index (χ1n) is 11.7. The van der Waals surface area contributed by atoms with Crippen molar-refractivity contribution in [3.63, 3.8) is 0 Å². The first-order chi connectivity index (χ1) is 16.9. The van der Waals surface area contributed by atoms with Gasteiger partial charge in [0, 0.05) is 53.9 Å². The zero-order valence-electron chi connectivity index (χ0n) is 20.2. The third-order valence-electron chi connectivity index (χ3n) is 6.87. The fraction of sp³-hybridized carbons (Fsp3) is 0.167. The summed E-state index contributed by atoms with van der Waals surface area (Å²) in [5, 5.41) is 3.54. The second kappa shape index (κ2) is 7.64. The molecule has 1 atom stereocenters. The summed E-state index contributed by atoms with van der Waals surface area (Å²) in [6.45, 7) is 4.17. The zero-order chi connectivity index (χ0) is 24.3. The van der Waals surface area contributed by atoms with Crippen molar-refractivity contribution in [1.82, 2.24) is 0 Å². The van der Waals surface area contributed by atoms with Gasteiger partial charge in [-0.2, -0.15) is 0 Å². The summed E-state index contributed by atoms with van der Waals surface area (Å²) < 4.78 is 12.7. The molecule has 6 rings (SSSR count). The predicted molar refractivity (Wildman–Crippen MR) is 138 cm³/mol. The molecule has 0 saturated heterocycles. The number of nitrogens with zero attached hydrogens (tertiary/aromatic N) is 1. The number of hydrogen-bond acceptors (Lipinski definition) is 5. The van der Waals surface area contributed by atoms with Crippen molar-refractivity contribution in [2.24, 2.45) is 0 Å². The fourth-order valence-corrected chi connectivity index (χ4v) is 5.13. The Bertz CT molecular complexity index is 1510. The normalized spacial score (nSPS) is 17.2. The smallest absolute Gasteiger partial charge is 0.340 e. The Morgan fingerprint density at radius 3 is 2.43 bits per heavy atom. The molecule has 1 unspecified atom stereocenters. The van der Waals surface area contributed by atoms with E-state index in [1.807, 2.05) is 79.7 Å². The van der Waals surface area contributed by atoms with Crippen molar-refractivity contribution in [2.45, 2.75) is 19.4 Å². The van der Waals surface area contributed by atoms with E-state index in [0.29, 0.717) is 17.1 Å². The molecule has 0 fully saturated rings. The lowest BCUT2D eigenvalue weighted by Gasteiger charge is -2.37. The lowest BCUT2D eigenvalue weighted by atomic mass is 9.77. The second-order valence-electron chi connectivity index (χ2n) is 9.45. The topological polar surface area (TPSA) is 50.8 Å². The van der Waals surface area contributed by atoms with Gasteiger partial charge >= 0.3 is 5.97 Å². The highest BCUT2D eigenvalue weighted by Crippen LogP contribution is 2.57. The first kappa shape index (κ1) is 21.3. The van der Waals surface area contributed by atoms with Crippen LogP contribution in [0.4, 0.5) is 17.1 Å². The molecule has 0 aliphatic carbocycles. The van der Waals surface area contributed by atoms with Crippen molar-refractivity contribution in [1.29, 1.82) is 0 Å². The van der Waals surface area contributed by atoms with Crippen LogP contribution < -0.4 is 15.0 Å². The summed E-state index contributed by atoms with van der Waals surface area (Å²) in [4.78, 5) is 15.1. The van der Waals surface area contributed by atoms with E-state index in [1.54, 1.807) is 0 Å². The molecule has 174 valence electrons. The number of esters is 1. The minimum absolute atomic E-state index is 0.330. The van der Waals surface area contributed by atoms with Gasteiger partial charge in [0.2, 0.25) is 0 Å². The Balaban J connectivity index is 1.56. The lowest BCUT2D eigenvalue weighted by molar-refractivity contribution is 0.0224. The van der Waals surface area contributed by atoms with Crippen molar-refractivity contribution in [3.05, 3.63) is 112 Å². The van der Waals surface area contributed by atoms with E-state index in [1.165, 1.54) is 5.56 Å². The lowest BCUT2D eigenvalue weighted by Crippen LogP contribution is -2.33. The number of anilines is 3. The van der Waals surface area contributed by atoms with E-state index in [4.69, 9.17) is 9.47 Å². The molecule has 0 aromatic heterocycles. The Labute approximate surface area is 204 Å². The van der Waals surface area contributed by atoms with Crippen LogP contribution in [-0.2, 0) is 10.3 Å². The van der Waals surface area contributed by atoms with Crippen LogP contribution in [0.3, 0.4) is 0 Å². The van der Waals surface area contributed by atoms with Crippen molar-refractivity contribution in [3.8, 4) is 11.5 Å². The molecule has 0 amide bonds. The van der Waals surface area contributed by atoms with Gasteiger partial charge in [0.15, 0.2) is 5.60 Å². The van der Waals surface area contributed by atoms with Gasteiger partial charge in [0.05, 0.1) is 5.56 Å². The molecule has 2 aliphatic rings. The number of aryl methyl sites for hydroxylation is 2. The summed E-state index contributed by atoms with van der Waals surface area (Å²) >= 11 is 0. The Morgan fingerprint density at radius 2 is 1.63 bits per heavy atom. The van der Waals surface area contributed by atoms with Crippen molar-refractivity contribution < 1.29 is 14.3 Å². The van der Waals surface area contributed by atoms with Crippen molar-refractivity contribution in [2.75, 3.05) is 24.3 Å². The molecule has 0 saturated carbocycles. The molecule has 1 spiro atoms. The highest BCUT2D eigenvalue weighted by Gasteiger charge is 2.53. The van der Waals surface area contributed by atoms with E-state index in [-0.39, 0.29) is 5.97 Å². The first-order valence-corrected chi connectivity index (χ1v) is 11.7. The SMILES string of the molecule is Cc1ccc(Nc2ccc3c(c2)C2(OC(=O)c4ccccc42)c2ccc(N(C)C)cc2O3)c(C)c1. The Kier molecular flexibility index (Phi) is 4.65. The van der Waals surface area contributed by atoms with Gasteiger partial charge in [-0.1, -0.05) is 35.9 Å². The molecule has 4 aromatic carbocycles. The number of hydrogen-bond donors (Lipinski definition) is 1. The largest absolute Gasteiger partial charge is 0.456 e. The van der Waals surface area contributed by atoms with Gasteiger partial charge in [0.25, 0.3) is 0 Å². The van der Waals surface area contributed by atoms with Gasteiger partial charge < -0.3 is 19.7 Å². The van der Waals surface area contributed by atoms with Crippen LogP contribution in [0.5, 0.6) is 11.5 Å². The Hall–Kier alpha value is -4.25. The molecule has 5 nitrogen and oxygen atoms in total. The van der Waals surface area contributed by atoms with Crippen LogP contribution in [0.25, 0.3) is 0 Å². The maximum absolute atomic E-state index is 13.1. The van der Waals surface area contributed by atoms with Crippen LogP contribution in [0.15, 0.2) is 78.9 Å². The quantitative estimate of drug-likeness (QED) is 0.344. The molecule has 4 aromatic rings.